The Morgan fingerprint density at radius 1 is 1.45 bits per heavy atom. The van der Waals surface area contributed by atoms with Crippen molar-refractivity contribution in [3.63, 3.8) is 0 Å². The van der Waals surface area contributed by atoms with Gasteiger partial charge in [0.15, 0.2) is 5.13 Å². The first kappa shape index (κ1) is 16.1. The van der Waals surface area contributed by atoms with Crippen LogP contribution in [0.2, 0.25) is 0 Å². The maximum atomic E-state index is 11.7. The molecule has 0 aliphatic rings. The van der Waals surface area contributed by atoms with Crippen LogP contribution in [0.3, 0.4) is 0 Å². The molecule has 3 N–H and O–H groups in total. The number of anilines is 1. The normalized spacial score (nSPS) is 11.7. The van der Waals surface area contributed by atoms with Crippen LogP contribution in [0.15, 0.2) is 5.38 Å². The second-order valence-corrected chi connectivity index (χ2v) is 5.16. The topological polar surface area (TPSA) is 108 Å². The highest BCUT2D eigenvalue weighted by Crippen LogP contribution is 2.17. The number of thiazole rings is 1. The number of aromatic nitrogens is 1. The zero-order valence-corrected chi connectivity index (χ0v) is 12.1. The van der Waals surface area contributed by atoms with Crippen LogP contribution in [0, 0.1) is 0 Å². The van der Waals surface area contributed by atoms with Gasteiger partial charge in [-0.1, -0.05) is 0 Å². The molecular formula is C12H17N3O4S. The maximum absolute atomic E-state index is 11.7. The fourth-order valence-electron chi connectivity index (χ4n) is 1.48. The number of aryl methyl sites for hydroxylation is 1. The van der Waals surface area contributed by atoms with Crippen molar-refractivity contribution in [1.82, 2.24) is 10.3 Å². The predicted molar refractivity (Wildman–Crippen MR) is 74.6 cm³/mol. The zero-order chi connectivity index (χ0) is 15.1. The lowest BCUT2D eigenvalue weighted by molar-refractivity contribution is -0.137. The smallest absolute Gasteiger partial charge is 0.303 e. The lowest BCUT2D eigenvalue weighted by atomic mass is 10.2. The molecule has 8 heteroatoms. The molecule has 0 aliphatic heterocycles. The van der Waals surface area contributed by atoms with Crippen LogP contribution in [0.1, 0.15) is 32.4 Å². The summed E-state index contributed by atoms with van der Waals surface area (Å²) in [5.74, 6) is -1.45. The molecule has 2 amide bonds. The highest BCUT2D eigenvalue weighted by Gasteiger charge is 2.15. The fourth-order valence-corrected chi connectivity index (χ4v) is 2.23. The van der Waals surface area contributed by atoms with Gasteiger partial charge in [-0.2, -0.15) is 0 Å². The van der Waals surface area contributed by atoms with E-state index in [1.54, 1.807) is 12.3 Å². The Kier molecular flexibility index (Phi) is 6.10. The molecule has 1 aromatic rings. The van der Waals surface area contributed by atoms with Crippen LogP contribution in [-0.2, 0) is 20.8 Å². The van der Waals surface area contributed by atoms with Gasteiger partial charge in [-0.05, 0) is 19.8 Å². The quantitative estimate of drug-likeness (QED) is 0.696. The number of amides is 2. The predicted octanol–water partition coefficient (Wildman–Crippen LogP) is 1.01. The Hall–Kier alpha value is -1.96. The lowest BCUT2D eigenvalue weighted by Gasteiger charge is -2.10. The fraction of sp³-hybridized carbons (Fsp3) is 0.500. The van der Waals surface area contributed by atoms with E-state index in [2.05, 4.69) is 15.6 Å². The van der Waals surface area contributed by atoms with Crippen LogP contribution in [0.5, 0.6) is 0 Å². The molecule has 0 aromatic carbocycles. The third-order valence-corrected chi connectivity index (χ3v) is 3.23. The van der Waals surface area contributed by atoms with E-state index in [0.717, 1.165) is 5.69 Å². The number of aliphatic carboxylic acids is 1. The van der Waals surface area contributed by atoms with Crippen molar-refractivity contribution in [3.8, 4) is 0 Å². The number of hydrogen-bond donors (Lipinski definition) is 3. The summed E-state index contributed by atoms with van der Waals surface area (Å²) in [5.41, 5.74) is 0.749. The Balaban J connectivity index is 2.45. The minimum absolute atomic E-state index is 0.0960. The van der Waals surface area contributed by atoms with E-state index in [1.165, 1.54) is 18.3 Å². The highest BCUT2D eigenvalue weighted by molar-refractivity contribution is 7.13. The molecule has 110 valence electrons. The van der Waals surface area contributed by atoms with Crippen LogP contribution < -0.4 is 10.6 Å². The van der Waals surface area contributed by atoms with Gasteiger partial charge in [0.1, 0.15) is 6.04 Å². The minimum Gasteiger partial charge on any atom is -0.481 e. The molecule has 0 fully saturated rings. The third kappa shape index (κ3) is 5.79. The van der Waals surface area contributed by atoms with Gasteiger partial charge in [-0.25, -0.2) is 4.98 Å². The Bertz CT molecular complexity index is 501. The van der Waals surface area contributed by atoms with Crippen LogP contribution in [0.4, 0.5) is 5.13 Å². The molecule has 0 saturated carbocycles. The standard InChI is InChI=1S/C12H17N3O4S/c1-7(13-8(2)16)11(19)15-12-14-9(6-20-12)4-3-5-10(17)18/h6-7H,3-5H2,1-2H3,(H,13,16)(H,17,18)(H,14,15,19). The molecule has 1 aromatic heterocycles. The monoisotopic (exact) mass is 299 g/mol. The number of hydrogen-bond acceptors (Lipinski definition) is 5. The maximum Gasteiger partial charge on any atom is 0.303 e. The first-order chi connectivity index (χ1) is 9.38. The molecule has 1 atom stereocenters. The number of carboxylic acids is 1. The van der Waals surface area contributed by atoms with E-state index in [9.17, 15) is 14.4 Å². The van der Waals surface area contributed by atoms with Crippen molar-refractivity contribution < 1.29 is 19.5 Å². The number of nitrogens with one attached hydrogen (secondary N) is 2. The summed E-state index contributed by atoms with van der Waals surface area (Å²) in [7, 11) is 0. The number of nitrogens with zero attached hydrogens (tertiary/aromatic N) is 1. The first-order valence-electron chi connectivity index (χ1n) is 6.12. The van der Waals surface area contributed by atoms with E-state index in [-0.39, 0.29) is 18.2 Å². The molecule has 0 saturated heterocycles. The molecule has 1 heterocycles. The highest BCUT2D eigenvalue weighted by atomic mass is 32.1. The van der Waals surface area contributed by atoms with E-state index >= 15 is 0 Å². The summed E-state index contributed by atoms with van der Waals surface area (Å²) in [5, 5.41) is 15.8. The summed E-state index contributed by atoms with van der Waals surface area (Å²) < 4.78 is 0. The lowest BCUT2D eigenvalue weighted by Crippen LogP contribution is -2.40. The van der Waals surface area contributed by atoms with Gasteiger partial charge in [-0.15, -0.1) is 11.3 Å². The summed E-state index contributed by atoms with van der Waals surface area (Å²) in [6.07, 6.45) is 1.16. The van der Waals surface area contributed by atoms with Crippen molar-refractivity contribution in [1.29, 1.82) is 0 Å². The molecule has 0 bridgehead atoms. The summed E-state index contributed by atoms with van der Waals surface area (Å²) in [4.78, 5) is 37.1. The molecule has 1 rings (SSSR count). The number of carboxylic acid groups (broad SMARTS) is 1. The molecule has 7 nitrogen and oxygen atoms in total. The number of rotatable bonds is 7. The second kappa shape index (κ2) is 7.59. The molecule has 0 radical (unpaired) electrons. The molecular weight excluding hydrogens is 282 g/mol. The summed E-state index contributed by atoms with van der Waals surface area (Å²) >= 11 is 1.27. The summed E-state index contributed by atoms with van der Waals surface area (Å²) in [6, 6.07) is -0.633. The Morgan fingerprint density at radius 3 is 2.75 bits per heavy atom. The molecule has 0 aliphatic carbocycles. The number of carbonyl (C=O) groups excluding carboxylic acids is 2. The van der Waals surface area contributed by atoms with Gasteiger partial charge in [0.25, 0.3) is 0 Å². The van der Waals surface area contributed by atoms with Crippen molar-refractivity contribution in [2.24, 2.45) is 0 Å². The van der Waals surface area contributed by atoms with Crippen molar-refractivity contribution >= 4 is 34.3 Å². The summed E-state index contributed by atoms with van der Waals surface area (Å²) in [6.45, 7) is 2.92. The average molecular weight is 299 g/mol. The zero-order valence-electron chi connectivity index (χ0n) is 11.3. The molecule has 20 heavy (non-hydrogen) atoms. The van der Waals surface area contributed by atoms with Crippen LogP contribution in [0.25, 0.3) is 0 Å². The van der Waals surface area contributed by atoms with Crippen LogP contribution in [-0.4, -0.2) is 33.9 Å². The number of carbonyl (C=O) groups is 3. The first-order valence-corrected chi connectivity index (χ1v) is 7.00. The van der Waals surface area contributed by atoms with Crippen molar-refractivity contribution in [3.05, 3.63) is 11.1 Å². The van der Waals surface area contributed by atoms with Crippen molar-refractivity contribution in [2.45, 2.75) is 39.2 Å². The van der Waals surface area contributed by atoms with Gasteiger partial charge in [0.2, 0.25) is 11.8 Å². The molecule has 1 unspecified atom stereocenters. The van der Waals surface area contributed by atoms with E-state index in [4.69, 9.17) is 5.11 Å². The SMILES string of the molecule is CC(=O)NC(C)C(=O)Nc1nc(CCCC(=O)O)cs1. The van der Waals surface area contributed by atoms with E-state index in [0.29, 0.717) is 18.0 Å². The second-order valence-electron chi connectivity index (χ2n) is 4.30. The van der Waals surface area contributed by atoms with Gasteiger partial charge < -0.3 is 15.7 Å². The van der Waals surface area contributed by atoms with Gasteiger partial charge >= 0.3 is 5.97 Å². The Morgan fingerprint density at radius 2 is 2.15 bits per heavy atom. The largest absolute Gasteiger partial charge is 0.481 e. The van der Waals surface area contributed by atoms with Gasteiger partial charge in [0, 0.05) is 18.7 Å². The third-order valence-electron chi connectivity index (χ3n) is 2.42. The van der Waals surface area contributed by atoms with Gasteiger partial charge in [0.05, 0.1) is 5.69 Å². The average Bonchev–Trinajstić information content (AvgIpc) is 2.75. The van der Waals surface area contributed by atoms with E-state index < -0.39 is 12.0 Å². The van der Waals surface area contributed by atoms with Gasteiger partial charge in [-0.3, -0.25) is 14.4 Å². The minimum atomic E-state index is -0.835. The van der Waals surface area contributed by atoms with Crippen LogP contribution >= 0.6 is 11.3 Å². The van der Waals surface area contributed by atoms with E-state index in [1.807, 2.05) is 0 Å². The Labute approximate surface area is 120 Å². The molecule has 0 spiro atoms. The van der Waals surface area contributed by atoms with Crippen molar-refractivity contribution in [2.75, 3.05) is 5.32 Å².